The van der Waals surface area contributed by atoms with Gasteiger partial charge in [0.15, 0.2) is 0 Å². The molecule has 1 aliphatic heterocycles. The van der Waals surface area contributed by atoms with Crippen LogP contribution in [-0.4, -0.2) is 23.7 Å². The van der Waals surface area contributed by atoms with Gasteiger partial charge in [-0.15, -0.1) is 23.4 Å². The molecule has 1 aliphatic rings. The molecule has 0 spiro atoms. The zero-order valence-corrected chi connectivity index (χ0v) is 12.7. The Hall–Kier alpha value is -0.180. The minimum atomic E-state index is 0.263. The number of benzene rings is 1. The standard InChI is InChI=1S/C15H22ClNS/c1-11(2)7-13(16)9-17-10-14-8-12-5-3-4-6-15(12)18-14/h3-6,11,13-14,17H,7-10H2,1-2H3. The molecule has 0 amide bonds. The maximum absolute atomic E-state index is 6.28. The van der Waals surface area contributed by atoms with Gasteiger partial charge in [-0.1, -0.05) is 32.0 Å². The van der Waals surface area contributed by atoms with E-state index in [1.807, 2.05) is 11.8 Å². The Morgan fingerprint density at radius 3 is 2.89 bits per heavy atom. The lowest BCUT2D eigenvalue weighted by Gasteiger charge is -2.15. The molecule has 1 N–H and O–H groups in total. The van der Waals surface area contributed by atoms with Crippen LogP contribution in [0.15, 0.2) is 29.2 Å². The van der Waals surface area contributed by atoms with Gasteiger partial charge in [0, 0.05) is 28.6 Å². The second-order valence-corrected chi connectivity index (χ2v) is 7.40. The van der Waals surface area contributed by atoms with Crippen molar-refractivity contribution < 1.29 is 0 Å². The van der Waals surface area contributed by atoms with Crippen LogP contribution in [0.5, 0.6) is 0 Å². The number of nitrogens with one attached hydrogen (secondary N) is 1. The van der Waals surface area contributed by atoms with Crippen molar-refractivity contribution in [2.75, 3.05) is 13.1 Å². The second kappa shape index (κ2) is 6.83. The number of rotatable bonds is 6. The van der Waals surface area contributed by atoms with Gasteiger partial charge in [0.05, 0.1) is 0 Å². The van der Waals surface area contributed by atoms with E-state index >= 15 is 0 Å². The van der Waals surface area contributed by atoms with Crippen LogP contribution in [0.1, 0.15) is 25.8 Å². The van der Waals surface area contributed by atoms with E-state index in [0.717, 1.165) is 19.5 Å². The average molecular weight is 284 g/mol. The van der Waals surface area contributed by atoms with E-state index in [-0.39, 0.29) is 5.38 Å². The SMILES string of the molecule is CC(C)CC(Cl)CNCC1Cc2ccccc2S1. The molecular weight excluding hydrogens is 262 g/mol. The highest BCUT2D eigenvalue weighted by Crippen LogP contribution is 2.36. The first-order valence-electron chi connectivity index (χ1n) is 6.74. The predicted octanol–water partition coefficient (Wildman–Crippen LogP) is 3.95. The van der Waals surface area contributed by atoms with E-state index in [4.69, 9.17) is 11.6 Å². The van der Waals surface area contributed by atoms with Crippen molar-refractivity contribution in [3.63, 3.8) is 0 Å². The van der Waals surface area contributed by atoms with Gasteiger partial charge in [-0.3, -0.25) is 0 Å². The van der Waals surface area contributed by atoms with E-state index in [0.29, 0.717) is 11.2 Å². The molecule has 2 atom stereocenters. The number of alkyl halides is 1. The average Bonchev–Trinajstić information content (AvgIpc) is 2.70. The highest BCUT2D eigenvalue weighted by atomic mass is 35.5. The molecule has 0 fully saturated rings. The summed E-state index contributed by atoms with van der Waals surface area (Å²) in [6.45, 7) is 6.42. The van der Waals surface area contributed by atoms with Crippen LogP contribution in [0.3, 0.4) is 0 Å². The summed E-state index contributed by atoms with van der Waals surface area (Å²) in [6, 6.07) is 8.72. The van der Waals surface area contributed by atoms with Crippen molar-refractivity contribution in [1.82, 2.24) is 5.32 Å². The largest absolute Gasteiger partial charge is 0.314 e. The van der Waals surface area contributed by atoms with Crippen molar-refractivity contribution in [3.8, 4) is 0 Å². The normalized spacial score (nSPS) is 20.1. The Labute approximate surface area is 120 Å². The van der Waals surface area contributed by atoms with Gasteiger partial charge in [-0.2, -0.15) is 0 Å². The van der Waals surface area contributed by atoms with Crippen molar-refractivity contribution in [1.29, 1.82) is 0 Å². The molecule has 1 aromatic rings. The molecule has 2 unspecified atom stereocenters. The fourth-order valence-corrected chi connectivity index (χ4v) is 4.11. The molecule has 0 bridgehead atoms. The molecule has 1 heterocycles. The lowest BCUT2D eigenvalue weighted by Crippen LogP contribution is -2.30. The molecule has 0 aromatic heterocycles. The molecule has 100 valence electrons. The van der Waals surface area contributed by atoms with Gasteiger partial charge in [0.25, 0.3) is 0 Å². The summed E-state index contributed by atoms with van der Waals surface area (Å²) >= 11 is 8.28. The van der Waals surface area contributed by atoms with E-state index < -0.39 is 0 Å². The maximum Gasteiger partial charge on any atom is 0.0463 e. The van der Waals surface area contributed by atoms with Gasteiger partial charge in [0.2, 0.25) is 0 Å². The molecule has 0 radical (unpaired) electrons. The van der Waals surface area contributed by atoms with Crippen LogP contribution < -0.4 is 5.32 Å². The fraction of sp³-hybridized carbons (Fsp3) is 0.600. The zero-order chi connectivity index (χ0) is 13.0. The third kappa shape index (κ3) is 4.18. The Bertz CT molecular complexity index is 356. The summed E-state index contributed by atoms with van der Waals surface area (Å²) in [4.78, 5) is 1.45. The number of hydrogen-bond acceptors (Lipinski definition) is 2. The van der Waals surface area contributed by atoms with Crippen LogP contribution in [0.25, 0.3) is 0 Å². The van der Waals surface area contributed by atoms with Gasteiger partial charge < -0.3 is 5.32 Å². The maximum atomic E-state index is 6.28. The summed E-state index contributed by atoms with van der Waals surface area (Å²) in [5, 5.41) is 4.45. The topological polar surface area (TPSA) is 12.0 Å². The lowest BCUT2D eigenvalue weighted by atomic mass is 10.1. The van der Waals surface area contributed by atoms with Gasteiger partial charge >= 0.3 is 0 Å². The van der Waals surface area contributed by atoms with Crippen molar-refractivity contribution in [3.05, 3.63) is 29.8 Å². The zero-order valence-electron chi connectivity index (χ0n) is 11.2. The first kappa shape index (κ1) is 14.2. The third-order valence-electron chi connectivity index (χ3n) is 3.18. The van der Waals surface area contributed by atoms with E-state index in [1.54, 1.807) is 0 Å². The minimum Gasteiger partial charge on any atom is -0.314 e. The van der Waals surface area contributed by atoms with Gasteiger partial charge in [-0.05, 0) is 30.4 Å². The highest BCUT2D eigenvalue weighted by Gasteiger charge is 2.21. The Kier molecular flexibility index (Phi) is 5.40. The molecule has 18 heavy (non-hydrogen) atoms. The second-order valence-electron chi connectivity index (χ2n) is 5.44. The molecule has 3 heteroatoms. The van der Waals surface area contributed by atoms with Crippen LogP contribution in [0.2, 0.25) is 0 Å². The lowest BCUT2D eigenvalue weighted by molar-refractivity contribution is 0.532. The summed E-state index contributed by atoms with van der Waals surface area (Å²) in [6.07, 6.45) is 2.28. The number of thioether (sulfide) groups is 1. The smallest absolute Gasteiger partial charge is 0.0463 e. The number of fused-ring (bicyclic) bond motifs is 1. The summed E-state index contributed by atoms with van der Waals surface area (Å²) < 4.78 is 0. The number of hydrogen-bond donors (Lipinski definition) is 1. The Balaban J connectivity index is 1.68. The molecule has 1 nitrogen and oxygen atoms in total. The molecule has 0 aliphatic carbocycles. The number of halogens is 1. The van der Waals surface area contributed by atoms with Crippen molar-refractivity contribution >= 4 is 23.4 Å². The third-order valence-corrected chi connectivity index (χ3v) is 4.83. The summed E-state index contributed by atoms with van der Waals surface area (Å²) in [5.74, 6) is 0.680. The first-order chi connectivity index (χ1) is 8.65. The quantitative estimate of drug-likeness (QED) is 0.794. The minimum absolute atomic E-state index is 0.263. The van der Waals surface area contributed by atoms with Crippen LogP contribution in [0, 0.1) is 5.92 Å². The predicted molar refractivity (Wildman–Crippen MR) is 81.8 cm³/mol. The molecule has 0 saturated carbocycles. The van der Waals surface area contributed by atoms with Gasteiger partial charge in [-0.25, -0.2) is 0 Å². The first-order valence-corrected chi connectivity index (χ1v) is 8.06. The monoisotopic (exact) mass is 283 g/mol. The van der Waals surface area contributed by atoms with Crippen LogP contribution in [-0.2, 0) is 6.42 Å². The van der Waals surface area contributed by atoms with Crippen molar-refractivity contribution in [2.45, 2.75) is 42.2 Å². The van der Waals surface area contributed by atoms with Gasteiger partial charge in [0.1, 0.15) is 0 Å². The Morgan fingerprint density at radius 1 is 1.39 bits per heavy atom. The molecular formula is C15H22ClNS. The highest BCUT2D eigenvalue weighted by molar-refractivity contribution is 8.00. The van der Waals surface area contributed by atoms with E-state index in [1.165, 1.54) is 16.9 Å². The van der Waals surface area contributed by atoms with E-state index in [2.05, 4.69) is 43.4 Å². The van der Waals surface area contributed by atoms with Crippen LogP contribution in [0.4, 0.5) is 0 Å². The van der Waals surface area contributed by atoms with Crippen LogP contribution >= 0.6 is 23.4 Å². The fourth-order valence-electron chi connectivity index (χ4n) is 2.36. The van der Waals surface area contributed by atoms with Crippen molar-refractivity contribution in [2.24, 2.45) is 5.92 Å². The molecule has 1 aromatic carbocycles. The Morgan fingerprint density at radius 2 is 2.17 bits per heavy atom. The molecule has 0 saturated heterocycles. The molecule has 2 rings (SSSR count). The summed E-state index contributed by atoms with van der Waals surface area (Å²) in [5.41, 5.74) is 1.50. The summed E-state index contributed by atoms with van der Waals surface area (Å²) in [7, 11) is 0. The van der Waals surface area contributed by atoms with E-state index in [9.17, 15) is 0 Å².